The summed E-state index contributed by atoms with van der Waals surface area (Å²) in [6.45, 7) is 7.66. The van der Waals surface area contributed by atoms with Crippen LogP contribution >= 0.6 is 0 Å². The van der Waals surface area contributed by atoms with Crippen molar-refractivity contribution in [3.63, 3.8) is 0 Å². The smallest absolute Gasteiger partial charge is 0.122 e. The van der Waals surface area contributed by atoms with Gasteiger partial charge in [-0.1, -0.05) is 31.7 Å². The molecule has 1 fully saturated rings. The third-order valence-electron chi connectivity index (χ3n) is 3.00. The molecule has 1 aromatic rings. The average Bonchev–Trinajstić information content (AvgIpc) is 3.18. The fourth-order valence-electron chi connectivity index (χ4n) is 1.74. The molecular weight excluding hydrogens is 210 g/mol. The van der Waals surface area contributed by atoms with Gasteiger partial charge in [0.05, 0.1) is 0 Å². The van der Waals surface area contributed by atoms with Crippen molar-refractivity contribution in [1.29, 1.82) is 0 Å². The second-order valence-corrected chi connectivity index (χ2v) is 4.66. The third kappa shape index (κ3) is 3.90. The van der Waals surface area contributed by atoms with E-state index < -0.39 is 0 Å². The van der Waals surface area contributed by atoms with Gasteiger partial charge in [0.15, 0.2) is 0 Å². The Labute approximate surface area is 104 Å². The fraction of sp³-hybridized carbons (Fsp3) is 0.467. The van der Waals surface area contributed by atoms with E-state index in [1.165, 1.54) is 18.4 Å². The van der Waals surface area contributed by atoms with Crippen molar-refractivity contribution < 1.29 is 4.74 Å². The van der Waals surface area contributed by atoms with Crippen molar-refractivity contribution in [2.45, 2.75) is 32.2 Å². The van der Waals surface area contributed by atoms with Crippen LogP contribution in [-0.2, 0) is 6.42 Å². The second kappa shape index (κ2) is 5.87. The predicted molar refractivity (Wildman–Crippen MR) is 71.5 cm³/mol. The summed E-state index contributed by atoms with van der Waals surface area (Å²) < 4.78 is 5.80. The van der Waals surface area contributed by atoms with E-state index in [2.05, 4.69) is 31.0 Å². The maximum absolute atomic E-state index is 5.80. The van der Waals surface area contributed by atoms with Crippen LogP contribution in [0.5, 0.6) is 5.75 Å². The fourth-order valence-corrected chi connectivity index (χ4v) is 1.74. The van der Waals surface area contributed by atoms with E-state index in [1.54, 1.807) is 0 Å². The Bertz CT molecular complexity index is 382. The van der Waals surface area contributed by atoms with Crippen molar-refractivity contribution >= 4 is 0 Å². The molecule has 0 heterocycles. The van der Waals surface area contributed by atoms with Gasteiger partial charge in [0.1, 0.15) is 12.4 Å². The summed E-state index contributed by atoms with van der Waals surface area (Å²) in [4.78, 5) is 0. The first kappa shape index (κ1) is 12.2. The van der Waals surface area contributed by atoms with Crippen molar-refractivity contribution in [3.05, 3.63) is 42.0 Å². The summed E-state index contributed by atoms with van der Waals surface area (Å²) in [5, 5.41) is 3.44. The van der Waals surface area contributed by atoms with Crippen LogP contribution in [0, 0.1) is 0 Å². The predicted octanol–water partition coefficient (Wildman–Crippen LogP) is 2.94. The number of benzene rings is 1. The molecule has 92 valence electrons. The van der Waals surface area contributed by atoms with Crippen molar-refractivity contribution in [3.8, 4) is 5.75 Å². The number of rotatable bonds is 7. The lowest BCUT2D eigenvalue weighted by Crippen LogP contribution is -2.21. The molecule has 0 saturated heterocycles. The molecule has 0 unspecified atom stereocenters. The Balaban J connectivity index is 1.77. The highest BCUT2D eigenvalue weighted by Crippen LogP contribution is 2.20. The maximum atomic E-state index is 5.80. The lowest BCUT2D eigenvalue weighted by Gasteiger charge is -2.12. The molecule has 1 aromatic carbocycles. The van der Waals surface area contributed by atoms with E-state index in [4.69, 9.17) is 4.74 Å². The van der Waals surface area contributed by atoms with E-state index >= 15 is 0 Å². The Morgan fingerprint density at radius 1 is 1.41 bits per heavy atom. The molecule has 0 aromatic heterocycles. The number of hydrogen-bond donors (Lipinski definition) is 1. The Morgan fingerprint density at radius 2 is 2.18 bits per heavy atom. The molecule has 0 aliphatic heterocycles. The SMILES string of the molecule is C=C(CNC1CC1)COc1ccccc1CC. The average molecular weight is 231 g/mol. The molecule has 0 radical (unpaired) electrons. The molecule has 0 bridgehead atoms. The first-order valence-corrected chi connectivity index (χ1v) is 6.40. The van der Waals surface area contributed by atoms with Crippen LogP contribution in [0.25, 0.3) is 0 Å². The van der Waals surface area contributed by atoms with Crippen molar-refractivity contribution in [1.82, 2.24) is 5.32 Å². The minimum Gasteiger partial charge on any atom is -0.489 e. The second-order valence-electron chi connectivity index (χ2n) is 4.66. The van der Waals surface area contributed by atoms with E-state index in [0.717, 1.165) is 30.3 Å². The zero-order valence-electron chi connectivity index (χ0n) is 10.5. The highest BCUT2D eigenvalue weighted by molar-refractivity contribution is 5.33. The van der Waals surface area contributed by atoms with Gasteiger partial charge in [-0.15, -0.1) is 0 Å². The molecule has 17 heavy (non-hydrogen) atoms. The Hall–Kier alpha value is -1.28. The van der Waals surface area contributed by atoms with E-state index in [0.29, 0.717) is 6.61 Å². The summed E-state index contributed by atoms with van der Waals surface area (Å²) in [7, 11) is 0. The van der Waals surface area contributed by atoms with Crippen LogP contribution in [0.1, 0.15) is 25.3 Å². The first-order chi connectivity index (χ1) is 8.29. The maximum Gasteiger partial charge on any atom is 0.122 e. The quantitative estimate of drug-likeness (QED) is 0.728. The zero-order valence-corrected chi connectivity index (χ0v) is 10.5. The zero-order chi connectivity index (χ0) is 12.1. The summed E-state index contributed by atoms with van der Waals surface area (Å²) in [6.07, 6.45) is 3.63. The van der Waals surface area contributed by atoms with Crippen LogP contribution in [0.4, 0.5) is 0 Å². The monoisotopic (exact) mass is 231 g/mol. The van der Waals surface area contributed by atoms with Crippen molar-refractivity contribution in [2.24, 2.45) is 0 Å². The summed E-state index contributed by atoms with van der Waals surface area (Å²) in [5.74, 6) is 0.988. The summed E-state index contributed by atoms with van der Waals surface area (Å²) in [6, 6.07) is 8.94. The Kier molecular flexibility index (Phi) is 4.21. The molecule has 1 N–H and O–H groups in total. The number of hydrogen-bond acceptors (Lipinski definition) is 2. The van der Waals surface area contributed by atoms with Crippen LogP contribution in [-0.4, -0.2) is 19.2 Å². The largest absolute Gasteiger partial charge is 0.489 e. The summed E-state index contributed by atoms with van der Waals surface area (Å²) >= 11 is 0. The molecular formula is C15H21NO. The molecule has 1 aliphatic rings. The molecule has 2 nitrogen and oxygen atoms in total. The number of aryl methyl sites for hydroxylation is 1. The number of nitrogens with one attached hydrogen (secondary N) is 1. The topological polar surface area (TPSA) is 21.3 Å². The first-order valence-electron chi connectivity index (χ1n) is 6.40. The molecule has 0 atom stereocenters. The van der Waals surface area contributed by atoms with Gasteiger partial charge in [-0.25, -0.2) is 0 Å². The van der Waals surface area contributed by atoms with Crippen LogP contribution < -0.4 is 10.1 Å². The van der Waals surface area contributed by atoms with Crippen LogP contribution in [0.15, 0.2) is 36.4 Å². The highest BCUT2D eigenvalue weighted by Gasteiger charge is 2.20. The lowest BCUT2D eigenvalue weighted by molar-refractivity contribution is 0.345. The molecule has 0 amide bonds. The van der Waals surface area contributed by atoms with Gasteiger partial charge < -0.3 is 10.1 Å². The van der Waals surface area contributed by atoms with Crippen LogP contribution in [0.3, 0.4) is 0 Å². The van der Waals surface area contributed by atoms with E-state index in [9.17, 15) is 0 Å². The summed E-state index contributed by atoms with van der Waals surface area (Å²) in [5.41, 5.74) is 2.37. The third-order valence-corrected chi connectivity index (χ3v) is 3.00. The normalized spacial score (nSPS) is 14.6. The van der Waals surface area contributed by atoms with Gasteiger partial charge in [-0.2, -0.15) is 0 Å². The lowest BCUT2D eigenvalue weighted by atomic mass is 10.1. The molecule has 2 heteroatoms. The van der Waals surface area contributed by atoms with Gasteiger partial charge in [-0.05, 0) is 36.5 Å². The van der Waals surface area contributed by atoms with E-state index in [-0.39, 0.29) is 0 Å². The standard InChI is InChI=1S/C15H21NO/c1-3-13-6-4-5-7-15(13)17-11-12(2)10-16-14-8-9-14/h4-7,14,16H,2-3,8-11H2,1H3. The molecule has 2 rings (SSSR count). The number of ether oxygens (including phenoxy) is 1. The van der Waals surface area contributed by atoms with Gasteiger partial charge >= 0.3 is 0 Å². The van der Waals surface area contributed by atoms with Gasteiger partial charge in [0.25, 0.3) is 0 Å². The minimum atomic E-state index is 0.608. The van der Waals surface area contributed by atoms with Crippen LogP contribution in [0.2, 0.25) is 0 Å². The van der Waals surface area contributed by atoms with Gasteiger partial charge in [-0.3, -0.25) is 0 Å². The highest BCUT2D eigenvalue weighted by atomic mass is 16.5. The van der Waals surface area contributed by atoms with Gasteiger partial charge in [0.2, 0.25) is 0 Å². The minimum absolute atomic E-state index is 0.608. The Morgan fingerprint density at radius 3 is 2.88 bits per heavy atom. The van der Waals surface area contributed by atoms with Gasteiger partial charge in [0, 0.05) is 12.6 Å². The molecule has 0 spiro atoms. The molecule has 1 aliphatic carbocycles. The van der Waals surface area contributed by atoms with E-state index in [1.807, 2.05) is 12.1 Å². The molecule has 1 saturated carbocycles. The van der Waals surface area contributed by atoms with Crippen molar-refractivity contribution in [2.75, 3.05) is 13.2 Å². The number of para-hydroxylation sites is 1.